The van der Waals surface area contributed by atoms with Gasteiger partial charge in [-0.05, 0) is 43.8 Å². The lowest BCUT2D eigenvalue weighted by molar-refractivity contribution is 0.686. The van der Waals surface area contributed by atoms with Gasteiger partial charge in [0.2, 0.25) is 0 Å². The van der Waals surface area contributed by atoms with E-state index in [-0.39, 0.29) is 0 Å². The summed E-state index contributed by atoms with van der Waals surface area (Å²) in [6.45, 7) is 4.89. The molecule has 1 heterocycles. The molecule has 0 radical (unpaired) electrons. The molecule has 0 saturated carbocycles. The number of hydrogen-bond donors (Lipinski definition) is 2. The van der Waals surface area contributed by atoms with Crippen molar-refractivity contribution in [1.82, 2.24) is 9.78 Å². The molecule has 2 aromatic carbocycles. The number of aryl methyl sites for hydroxylation is 2. The van der Waals surface area contributed by atoms with Gasteiger partial charge in [-0.2, -0.15) is 5.10 Å². The average molecular weight is 336 g/mol. The molecule has 0 bridgehead atoms. The number of hydrogen-bond acceptors (Lipinski definition) is 2. The first-order valence-electron chi connectivity index (χ1n) is 7.81. The fourth-order valence-corrected chi connectivity index (χ4v) is 2.68. The van der Waals surface area contributed by atoms with Crippen molar-refractivity contribution < 1.29 is 0 Å². The lowest BCUT2D eigenvalue weighted by Crippen LogP contribution is -2.18. The fraction of sp³-hybridized carbons (Fsp3) is 0.158. The lowest BCUT2D eigenvalue weighted by atomic mass is 10.1. The minimum Gasteiger partial charge on any atom is -0.332 e. The van der Waals surface area contributed by atoms with Crippen LogP contribution in [-0.2, 0) is 6.54 Å². The number of nitrogens with zero attached hydrogens (tertiary/aromatic N) is 2. The van der Waals surface area contributed by atoms with Crippen LogP contribution in [0.2, 0.25) is 0 Å². The Morgan fingerprint density at radius 3 is 2.50 bits per heavy atom. The Kier molecular flexibility index (Phi) is 4.91. The first-order valence-corrected chi connectivity index (χ1v) is 8.22. The van der Waals surface area contributed by atoms with Crippen LogP contribution in [0.3, 0.4) is 0 Å². The molecule has 5 heteroatoms. The van der Waals surface area contributed by atoms with E-state index in [0.29, 0.717) is 5.11 Å². The van der Waals surface area contributed by atoms with E-state index in [1.165, 1.54) is 16.7 Å². The standard InChI is InChI=1S/C19H20N4S/c1-14-6-8-17(9-7-14)21-19(24)22-18-11-20-23(13-18)12-16-5-3-4-15(2)10-16/h3-11,13H,12H2,1-2H3,(H2,21,22,24). The molecule has 0 atom stereocenters. The summed E-state index contributed by atoms with van der Waals surface area (Å²) in [7, 11) is 0. The molecule has 4 nitrogen and oxygen atoms in total. The summed E-state index contributed by atoms with van der Waals surface area (Å²) in [5.41, 5.74) is 5.53. The molecule has 3 rings (SSSR count). The number of benzene rings is 2. The summed E-state index contributed by atoms with van der Waals surface area (Å²) in [5, 5.41) is 11.3. The third kappa shape index (κ3) is 4.43. The normalized spacial score (nSPS) is 10.4. The summed E-state index contributed by atoms with van der Waals surface area (Å²) in [5.74, 6) is 0. The Morgan fingerprint density at radius 1 is 1.00 bits per heavy atom. The maximum absolute atomic E-state index is 5.35. The maximum Gasteiger partial charge on any atom is 0.175 e. The van der Waals surface area contributed by atoms with E-state index in [4.69, 9.17) is 12.2 Å². The smallest absolute Gasteiger partial charge is 0.175 e. The SMILES string of the molecule is Cc1ccc(NC(=S)Nc2cnn(Cc3cccc(C)c3)c2)cc1. The fourth-order valence-electron chi connectivity index (χ4n) is 2.44. The second-order valence-corrected chi connectivity index (χ2v) is 6.27. The van der Waals surface area contributed by atoms with E-state index in [1.807, 2.05) is 35.1 Å². The molecule has 0 spiro atoms. The van der Waals surface area contributed by atoms with E-state index in [9.17, 15) is 0 Å². The van der Waals surface area contributed by atoms with Gasteiger partial charge in [-0.3, -0.25) is 4.68 Å². The Hall–Kier alpha value is -2.66. The highest BCUT2D eigenvalue weighted by molar-refractivity contribution is 7.80. The van der Waals surface area contributed by atoms with E-state index in [2.05, 4.69) is 53.8 Å². The van der Waals surface area contributed by atoms with Crippen molar-refractivity contribution in [2.75, 3.05) is 10.6 Å². The predicted octanol–water partition coefficient (Wildman–Crippen LogP) is 4.36. The zero-order chi connectivity index (χ0) is 16.9. The molecule has 3 aromatic rings. The van der Waals surface area contributed by atoms with E-state index >= 15 is 0 Å². The molecule has 2 N–H and O–H groups in total. The van der Waals surface area contributed by atoms with Gasteiger partial charge in [-0.1, -0.05) is 47.5 Å². The van der Waals surface area contributed by atoms with Crippen LogP contribution in [0.4, 0.5) is 11.4 Å². The number of thiocarbonyl (C=S) groups is 1. The zero-order valence-corrected chi connectivity index (χ0v) is 14.6. The summed E-state index contributed by atoms with van der Waals surface area (Å²) in [6.07, 6.45) is 3.73. The minimum atomic E-state index is 0.550. The zero-order valence-electron chi connectivity index (χ0n) is 13.8. The van der Waals surface area contributed by atoms with Gasteiger partial charge >= 0.3 is 0 Å². The summed E-state index contributed by atoms with van der Waals surface area (Å²) >= 11 is 5.35. The molecule has 122 valence electrons. The number of rotatable bonds is 4. The molecule has 0 aliphatic heterocycles. The topological polar surface area (TPSA) is 41.9 Å². The van der Waals surface area contributed by atoms with Crippen molar-refractivity contribution >= 4 is 28.7 Å². The van der Waals surface area contributed by atoms with Gasteiger partial charge in [0.25, 0.3) is 0 Å². The molecule has 0 amide bonds. The van der Waals surface area contributed by atoms with Crippen LogP contribution in [-0.4, -0.2) is 14.9 Å². The van der Waals surface area contributed by atoms with Gasteiger partial charge in [-0.15, -0.1) is 0 Å². The van der Waals surface area contributed by atoms with Crippen LogP contribution >= 0.6 is 12.2 Å². The van der Waals surface area contributed by atoms with Crippen LogP contribution in [0.25, 0.3) is 0 Å². The second-order valence-electron chi connectivity index (χ2n) is 5.86. The van der Waals surface area contributed by atoms with Crippen molar-refractivity contribution in [2.24, 2.45) is 0 Å². The highest BCUT2D eigenvalue weighted by Crippen LogP contribution is 2.12. The van der Waals surface area contributed by atoms with E-state index in [0.717, 1.165) is 17.9 Å². The second kappa shape index (κ2) is 7.27. The Labute approximate surface area is 147 Å². The molecule has 0 saturated heterocycles. The van der Waals surface area contributed by atoms with Crippen LogP contribution in [0.15, 0.2) is 60.9 Å². The van der Waals surface area contributed by atoms with Gasteiger partial charge in [0, 0.05) is 11.9 Å². The molecule has 24 heavy (non-hydrogen) atoms. The first-order chi connectivity index (χ1) is 11.6. The average Bonchev–Trinajstić information content (AvgIpc) is 2.96. The third-order valence-corrected chi connectivity index (χ3v) is 3.83. The molecular weight excluding hydrogens is 316 g/mol. The van der Waals surface area contributed by atoms with Crippen molar-refractivity contribution in [3.8, 4) is 0 Å². The molecule has 1 aromatic heterocycles. The minimum absolute atomic E-state index is 0.550. The van der Waals surface area contributed by atoms with Gasteiger partial charge in [0.05, 0.1) is 18.4 Å². The highest BCUT2D eigenvalue weighted by atomic mass is 32.1. The van der Waals surface area contributed by atoms with Crippen LogP contribution in [0, 0.1) is 13.8 Å². The van der Waals surface area contributed by atoms with Crippen molar-refractivity contribution in [3.05, 3.63) is 77.6 Å². The number of anilines is 2. The summed E-state index contributed by atoms with van der Waals surface area (Å²) in [4.78, 5) is 0. The van der Waals surface area contributed by atoms with E-state index in [1.54, 1.807) is 6.20 Å². The van der Waals surface area contributed by atoms with Gasteiger partial charge in [0.1, 0.15) is 0 Å². The van der Waals surface area contributed by atoms with E-state index < -0.39 is 0 Å². The molecule has 0 aliphatic carbocycles. The molecule has 0 aliphatic rings. The van der Waals surface area contributed by atoms with Gasteiger partial charge in [0.15, 0.2) is 5.11 Å². The number of aromatic nitrogens is 2. The summed E-state index contributed by atoms with van der Waals surface area (Å²) in [6, 6.07) is 16.5. The Bertz CT molecular complexity index is 837. The molecular formula is C19H20N4S. The van der Waals surface area contributed by atoms with Crippen molar-refractivity contribution in [2.45, 2.75) is 20.4 Å². The number of nitrogens with one attached hydrogen (secondary N) is 2. The van der Waals surface area contributed by atoms with Crippen molar-refractivity contribution in [1.29, 1.82) is 0 Å². The molecule has 0 fully saturated rings. The van der Waals surface area contributed by atoms with Crippen LogP contribution < -0.4 is 10.6 Å². The predicted molar refractivity (Wildman–Crippen MR) is 104 cm³/mol. The Balaban J connectivity index is 1.59. The van der Waals surface area contributed by atoms with Gasteiger partial charge < -0.3 is 10.6 Å². The Morgan fingerprint density at radius 2 is 1.75 bits per heavy atom. The van der Waals surface area contributed by atoms with Crippen molar-refractivity contribution in [3.63, 3.8) is 0 Å². The largest absolute Gasteiger partial charge is 0.332 e. The maximum atomic E-state index is 5.35. The lowest BCUT2D eigenvalue weighted by Gasteiger charge is -2.09. The highest BCUT2D eigenvalue weighted by Gasteiger charge is 2.03. The monoisotopic (exact) mass is 336 g/mol. The van der Waals surface area contributed by atoms with Crippen LogP contribution in [0.1, 0.15) is 16.7 Å². The third-order valence-electron chi connectivity index (χ3n) is 3.63. The quantitative estimate of drug-likeness (QED) is 0.695. The molecule has 0 unspecified atom stereocenters. The summed E-state index contributed by atoms with van der Waals surface area (Å²) < 4.78 is 1.89. The van der Waals surface area contributed by atoms with Crippen LogP contribution in [0.5, 0.6) is 0 Å². The first kappa shape index (κ1) is 16.2. The van der Waals surface area contributed by atoms with Gasteiger partial charge in [-0.25, -0.2) is 0 Å².